The SMILES string of the molecule is Nc1nccc2ccc(N3CCN(C(=O)c4cc(-c5ccncc5)cs4)CC3)cc12. The Balaban J connectivity index is 1.27. The van der Waals surface area contributed by atoms with E-state index in [1.165, 1.54) is 11.3 Å². The number of hydrogen-bond acceptors (Lipinski definition) is 6. The van der Waals surface area contributed by atoms with Crippen LogP contribution in [0.2, 0.25) is 0 Å². The third-order valence-electron chi connectivity index (χ3n) is 5.54. The summed E-state index contributed by atoms with van der Waals surface area (Å²) in [5.74, 6) is 0.651. The van der Waals surface area contributed by atoms with Gasteiger partial charge in [-0.1, -0.05) is 6.07 Å². The zero-order valence-electron chi connectivity index (χ0n) is 16.4. The van der Waals surface area contributed by atoms with Gasteiger partial charge in [0.1, 0.15) is 5.82 Å². The third-order valence-corrected chi connectivity index (χ3v) is 6.45. The van der Waals surface area contributed by atoms with Gasteiger partial charge >= 0.3 is 0 Å². The van der Waals surface area contributed by atoms with Crippen molar-refractivity contribution in [3.63, 3.8) is 0 Å². The van der Waals surface area contributed by atoms with Crippen molar-refractivity contribution in [3.8, 4) is 11.1 Å². The molecule has 2 N–H and O–H groups in total. The molecule has 0 aliphatic carbocycles. The lowest BCUT2D eigenvalue weighted by atomic mass is 10.1. The second-order valence-corrected chi connectivity index (χ2v) is 8.23. The minimum atomic E-state index is 0.104. The Morgan fingerprint density at radius 2 is 1.73 bits per heavy atom. The highest BCUT2D eigenvalue weighted by Crippen LogP contribution is 2.28. The van der Waals surface area contributed by atoms with E-state index in [1.54, 1.807) is 18.6 Å². The molecule has 1 amide bonds. The summed E-state index contributed by atoms with van der Waals surface area (Å²) in [6, 6.07) is 14.1. The molecule has 4 heterocycles. The van der Waals surface area contributed by atoms with Crippen LogP contribution in [0.5, 0.6) is 0 Å². The number of fused-ring (bicyclic) bond motifs is 1. The van der Waals surface area contributed by atoms with Crippen molar-refractivity contribution in [2.75, 3.05) is 36.8 Å². The van der Waals surface area contributed by atoms with Crippen LogP contribution in [-0.2, 0) is 0 Å². The molecule has 0 radical (unpaired) electrons. The lowest BCUT2D eigenvalue weighted by molar-refractivity contribution is 0.0751. The number of nitrogen functional groups attached to an aromatic ring is 1. The Morgan fingerprint density at radius 1 is 0.933 bits per heavy atom. The van der Waals surface area contributed by atoms with Gasteiger partial charge in [-0.25, -0.2) is 4.98 Å². The molecule has 1 aliphatic heterocycles. The summed E-state index contributed by atoms with van der Waals surface area (Å²) >= 11 is 1.50. The van der Waals surface area contributed by atoms with Crippen LogP contribution in [-0.4, -0.2) is 47.0 Å². The van der Waals surface area contributed by atoms with Gasteiger partial charge in [-0.3, -0.25) is 9.78 Å². The zero-order valence-corrected chi connectivity index (χ0v) is 17.2. The normalized spacial score (nSPS) is 14.3. The van der Waals surface area contributed by atoms with Crippen LogP contribution in [0, 0.1) is 0 Å². The first kappa shape index (κ1) is 18.6. The summed E-state index contributed by atoms with van der Waals surface area (Å²) in [6.45, 7) is 2.98. The average Bonchev–Trinajstić information content (AvgIpc) is 3.30. The summed E-state index contributed by atoms with van der Waals surface area (Å²) in [6.07, 6.45) is 5.26. The van der Waals surface area contributed by atoms with Gasteiger partial charge in [0, 0.05) is 55.8 Å². The first-order chi connectivity index (χ1) is 14.7. The van der Waals surface area contributed by atoms with E-state index in [4.69, 9.17) is 5.73 Å². The van der Waals surface area contributed by atoms with Gasteiger partial charge < -0.3 is 15.5 Å². The molecule has 3 aromatic heterocycles. The maximum atomic E-state index is 13.0. The minimum Gasteiger partial charge on any atom is -0.383 e. The molecule has 0 atom stereocenters. The summed E-state index contributed by atoms with van der Waals surface area (Å²) in [5, 5.41) is 4.09. The van der Waals surface area contributed by atoms with Gasteiger partial charge in [0.2, 0.25) is 0 Å². The molecule has 1 aliphatic rings. The number of nitrogens with two attached hydrogens (primary N) is 1. The largest absolute Gasteiger partial charge is 0.383 e. The molecular formula is C23H21N5OS. The van der Waals surface area contributed by atoms with Gasteiger partial charge in [-0.15, -0.1) is 11.3 Å². The van der Waals surface area contributed by atoms with E-state index in [9.17, 15) is 4.79 Å². The number of amides is 1. The molecule has 0 bridgehead atoms. The van der Waals surface area contributed by atoms with Gasteiger partial charge in [0.15, 0.2) is 0 Å². The topological polar surface area (TPSA) is 75.3 Å². The molecule has 4 aromatic rings. The fourth-order valence-electron chi connectivity index (χ4n) is 3.84. The van der Waals surface area contributed by atoms with Crippen LogP contribution in [0.15, 0.2) is 66.4 Å². The quantitative estimate of drug-likeness (QED) is 0.549. The summed E-state index contributed by atoms with van der Waals surface area (Å²) in [4.78, 5) is 26.2. The van der Waals surface area contributed by atoms with E-state index in [-0.39, 0.29) is 5.91 Å². The van der Waals surface area contributed by atoms with Crippen molar-refractivity contribution in [2.45, 2.75) is 0 Å². The maximum absolute atomic E-state index is 13.0. The standard InChI is InChI=1S/C23H21N5OS/c24-22-20-14-19(2-1-17(20)5-8-26-22)27-9-11-28(12-10-27)23(29)21-13-18(15-30-21)16-3-6-25-7-4-16/h1-8,13-15H,9-12H2,(H2,24,26). The van der Waals surface area contributed by atoms with E-state index >= 15 is 0 Å². The minimum absolute atomic E-state index is 0.104. The van der Waals surface area contributed by atoms with E-state index in [0.717, 1.165) is 45.6 Å². The van der Waals surface area contributed by atoms with Crippen LogP contribution in [0.4, 0.5) is 11.5 Å². The lowest BCUT2D eigenvalue weighted by Gasteiger charge is -2.36. The Kier molecular flexibility index (Phi) is 4.80. The highest BCUT2D eigenvalue weighted by Gasteiger charge is 2.23. The summed E-state index contributed by atoms with van der Waals surface area (Å²) in [5.41, 5.74) is 9.30. The number of anilines is 2. The highest BCUT2D eigenvalue weighted by atomic mass is 32.1. The van der Waals surface area contributed by atoms with Crippen LogP contribution in [0.25, 0.3) is 21.9 Å². The number of pyridine rings is 2. The number of nitrogens with zero attached hydrogens (tertiary/aromatic N) is 4. The Labute approximate surface area is 178 Å². The molecule has 7 heteroatoms. The second kappa shape index (κ2) is 7.76. The van der Waals surface area contributed by atoms with Crippen LogP contribution in [0.3, 0.4) is 0 Å². The fraction of sp³-hybridized carbons (Fsp3) is 0.174. The van der Waals surface area contributed by atoms with E-state index in [0.29, 0.717) is 18.9 Å². The monoisotopic (exact) mass is 415 g/mol. The van der Waals surface area contributed by atoms with Gasteiger partial charge in [0.25, 0.3) is 5.91 Å². The number of aromatic nitrogens is 2. The van der Waals surface area contributed by atoms with Crippen molar-refractivity contribution in [1.29, 1.82) is 0 Å². The van der Waals surface area contributed by atoms with Crippen LogP contribution >= 0.6 is 11.3 Å². The smallest absolute Gasteiger partial charge is 0.264 e. The number of benzene rings is 1. The molecule has 150 valence electrons. The highest BCUT2D eigenvalue weighted by molar-refractivity contribution is 7.12. The fourth-order valence-corrected chi connectivity index (χ4v) is 4.73. The molecule has 0 saturated carbocycles. The first-order valence-corrected chi connectivity index (χ1v) is 10.7. The van der Waals surface area contributed by atoms with Gasteiger partial charge in [-0.2, -0.15) is 0 Å². The van der Waals surface area contributed by atoms with Gasteiger partial charge in [-0.05, 0) is 58.3 Å². The molecule has 0 spiro atoms. The van der Waals surface area contributed by atoms with E-state index in [2.05, 4.69) is 33.1 Å². The van der Waals surface area contributed by atoms with Crippen LogP contribution < -0.4 is 10.6 Å². The molecule has 0 unspecified atom stereocenters. The lowest BCUT2D eigenvalue weighted by Crippen LogP contribution is -2.48. The van der Waals surface area contributed by atoms with Crippen molar-refractivity contribution in [2.24, 2.45) is 0 Å². The number of thiophene rings is 1. The zero-order chi connectivity index (χ0) is 20.5. The van der Waals surface area contributed by atoms with E-state index in [1.807, 2.05) is 34.5 Å². The number of piperazine rings is 1. The van der Waals surface area contributed by atoms with Crippen LogP contribution in [0.1, 0.15) is 9.67 Å². The Morgan fingerprint density at radius 3 is 2.53 bits per heavy atom. The number of carbonyl (C=O) groups excluding carboxylic acids is 1. The first-order valence-electron chi connectivity index (χ1n) is 9.86. The van der Waals surface area contributed by atoms with Crippen molar-refractivity contribution in [3.05, 3.63) is 71.3 Å². The number of rotatable bonds is 3. The van der Waals surface area contributed by atoms with Crippen molar-refractivity contribution in [1.82, 2.24) is 14.9 Å². The second-order valence-electron chi connectivity index (χ2n) is 7.32. The molecule has 1 saturated heterocycles. The van der Waals surface area contributed by atoms with Crippen molar-refractivity contribution < 1.29 is 4.79 Å². The maximum Gasteiger partial charge on any atom is 0.264 e. The van der Waals surface area contributed by atoms with Gasteiger partial charge in [0.05, 0.1) is 4.88 Å². The summed E-state index contributed by atoms with van der Waals surface area (Å²) < 4.78 is 0. The molecule has 5 rings (SSSR count). The molecule has 1 aromatic carbocycles. The number of hydrogen-bond donors (Lipinski definition) is 1. The van der Waals surface area contributed by atoms with E-state index < -0.39 is 0 Å². The predicted octanol–water partition coefficient (Wildman–Crippen LogP) is 3.90. The van der Waals surface area contributed by atoms with Crippen molar-refractivity contribution >= 4 is 39.5 Å². The molecule has 1 fully saturated rings. The molecular weight excluding hydrogens is 394 g/mol. The Hall–Kier alpha value is -3.45. The average molecular weight is 416 g/mol. The Bertz CT molecular complexity index is 1200. The predicted molar refractivity (Wildman–Crippen MR) is 122 cm³/mol. The molecule has 30 heavy (non-hydrogen) atoms. The molecule has 6 nitrogen and oxygen atoms in total. The summed E-state index contributed by atoms with van der Waals surface area (Å²) in [7, 11) is 0. The third kappa shape index (κ3) is 3.48. The number of carbonyl (C=O) groups is 1.